The van der Waals surface area contributed by atoms with E-state index in [0.717, 1.165) is 0 Å². The van der Waals surface area contributed by atoms with E-state index in [1.54, 1.807) is 6.92 Å². The highest BCUT2D eigenvalue weighted by Gasteiger charge is 2.15. The van der Waals surface area contributed by atoms with Gasteiger partial charge in [0.2, 0.25) is 0 Å². The lowest BCUT2D eigenvalue weighted by Crippen LogP contribution is -2.32. The van der Waals surface area contributed by atoms with Crippen molar-refractivity contribution in [2.45, 2.75) is 19.9 Å². The second-order valence-corrected chi connectivity index (χ2v) is 4.86. The number of nitro groups is 1. The Morgan fingerprint density at radius 1 is 1.33 bits per heavy atom. The quantitative estimate of drug-likeness (QED) is 0.686. The summed E-state index contributed by atoms with van der Waals surface area (Å²) in [6.07, 6.45) is 1.87. The Labute approximate surface area is 124 Å². The van der Waals surface area contributed by atoms with Crippen molar-refractivity contribution < 1.29 is 4.92 Å². The van der Waals surface area contributed by atoms with Crippen LogP contribution in [0.4, 0.5) is 5.69 Å². The van der Waals surface area contributed by atoms with Crippen LogP contribution < -0.4 is 11.2 Å². The number of rotatable bonds is 4. The van der Waals surface area contributed by atoms with Gasteiger partial charge in [0.05, 0.1) is 11.5 Å². The average Bonchev–Trinajstić information content (AvgIpc) is 2.43. The number of nitrogens with one attached hydrogen (secondary N) is 1. The van der Waals surface area contributed by atoms with Gasteiger partial charge in [0.25, 0.3) is 11.2 Å². The largest absolute Gasteiger partial charge is 0.328 e. The van der Waals surface area contributed by atoms with Crippen LogP contribution in [0.15, 0.2) is 34.0 Å². The van der Waals surface area contributed by atoms with Gasteiger partial charge in [-0.2, -0.15) is 0 Å². The molecular weight excluding hydrogens is 298 g/mol. The van der Waals surface area contributed by atoms with Crippen molar-refractivity contribution in [3.63, 3.8) is 0 Å². The third-order valence-electron chi connectivity index (χ3n) is 3.05. The number of benzene rings is 1. The number of aromatic nitrogens is 2. The monoisotopic (exact) mass is 309 g/mol. The first kappa shape index (κ1) is 15.0. The summed E-state index contributed by atoms with van der Waals surface area (Å²) in [5.74, 6) is 0. The highest BCUT2D eigenvalue weighted by atomic mass is 35.5. The van der Waals surface area contributed by atoms with Crippen molar-refractivity contribution in [1.29, 1.82) is 0 Å². The van der Waals surface area contributed by atoms with Crippen molar-refractivity contribution >= 4 is 17.3 Å². The number of hydrogen-bond acceptors (Lipinski definition) is 4. The Morgan fingerprint density at radius 2 is 2.05 bits per heavy atom. The van der Waals surface area contributed by atoms with Crippen LogP contribution in [-0.2, 0) is 13.0 Å². The fraction of sp³-hybridized carbons (Fsp3) is 0.231. The van der Waals surface area contributed by atoms with Crippen LogP contribution in [-0.4, -0.2) is 14.5 Å². The molecule has 0 fully saturated rings. The van der Waals surface area contributed by atoms with Gasteiger partial charge in [-0.15, -0.1) is 0 Å². The standard InChI is InChI=1S/C13H12ClN3O4/c1-2-8-6-16(13(19)15-12(8)18)7-9-3-4-10(14)5-11(9)17(20)21/h3-6H,2,7H2,1H3,(H,15,18,19). The van der Waals surface area contributed by atoms with Crippen LogP contribution in [0.1, 0.15) is 18.1 Å². The molecule has 0 saturated carbocycles. The van der Waals surface area contributed by atoms with E-state index in [9.17, 15) is 19.7 Å². The van der Waals surface area contributed by atoms with E-state index in [-0.39, 0.29) is 17.3 Å². The predicted molar refractivity (Wildman–Crippen MR) is 77.9 cm³/mol. The Kier molecular flexibility index (Phi) is 4.23. The zero-order valence-electron chi connectivity index (χ0n) is 11.1. The Morgan fingerprint density at radius 3 is 2.67 bits per heavy atom. The summed E-state index contributed by atoms with van der Waals surface area (Å²) in [5.41, 5.74) is -0.448. The molecule has 1 aromatic carbocycles. The van der Waals surface area contributed by atoms with Gasteiger partial charge >= 0.3 is 5.69 Å². The summed E-state index contributed by atoms with van der Waals surface area (Å²) in [4.78, 5) is 35.9. The molecule has 0 amide bonds. The van der Waals surface area contributed by atoms with E-state index in [4.69, 9.17) is 11.6 Å². The number of nitro benzene ring substituents is 1. The zero-order valence-corrected chi connectivity index (χ0v) is 11.9. The fourth-order valence-corrected chi connectivity index (χ4v) is 2.11. The maximum absolute atomic E-state index is 11.8. The minimum Gasteiger partial charge on any atom is -0.296 e. The van der Waals surface area contributed by atoms with Gasteiger partial charge in [-0.05, 0) is 18.6 Å². The van der Waals surface area contributed by atoms with Gasteiger partial charge in [0.1, 0.15) is 0 Å². The van der Waals surface area contributed by atoms with E-state index >= 15 is 0 Å². The second-order valence-electron chi connectivity index (χ2n) is 4.43. The average molecular weight is 310 g/mol. The van der Waals surface area contributed by atoms with E-state index in [1.807, 2.05) is 0 Å². The summed E-state index contributed by atoms with van der Waals surface area (Å²) >= 11 is 5.74. The van der Waals surface area contributed by atoms with E-state index in [0.29, 0.717) is 17.5 Å². The number of nitrogens with zero attached hydrogens (tertiary/aromatic N) is 2. The highest BCUT2D eigenvalue weighted by molar-refractivity contribution is 6.30. The normalized spacial score (nSPS) is 10.6. The number of H-pyrrole nitrogens is 1. The molecule has 2 rings (SSSR count). The highest BCUT2D eigenvalue weighted by Crippen LogP contribution is 2.23. The summed E-state index contributed by atoms with van der Waals surface area (Å²) in [6.45, 7) is 1.76. The van der Waals surface area contributed by atoms with Crippen LogP contribution in [0.3, 0.4) is 0 Å². The number of halogens is 1. The summed E-state index contributed by atoms with van der Waals surface area (Å²) in [5, 5.41) is 11.3. The second kappa shape index (κ2) is 5.92. The molecule has 7 nitrogen and oxygen atoms in total. The summed E-state index contributed by atoms with van der Waals surface area (Å²) in [7, 11) is 0. The first-order chi connectivity index (χ1) is 9.92. The Hall–Kier alpha value is -2.41. The molecule has 8 heteroatoms. The van der Waals surface area contributed by atoms with E-state index in [2.05, 4.69) is 4.98 Å². The SMILES string of the molecule is CCc1cn(Cc2ccc(Cl)cc2[N+](=O)[O-])c(=O)[nH]c1=O. The first-order valence-corrected chi connectivity index (χ1v) is 6.55. The van der Waals surface area contributed by atoms with Crippen molar-refractivity contribution in [3.05, 3.63) is 71.5 Å². The van der Waals surface area contributed by atoms with Gasteiger partial charge in [0, 0.05) is 28.4 Å². The predicted octanol–water partition coefficient (Wildman–Crippen LogP) is 1.71. The van der Waals surface area contributed by atoms with E-state index < -0.39 is 16.2 Å². The van der Waals surface area contributed by atoms with Crippen LogP contribution in [0.5, 0.6) is 0 Å². The van der Waals surface area contributed by atoms with Gasteiger partial charge < -0.3 is 0 Å². The molecule has 1 N–H and O–H groups in total. The lowest BCUT2D eigenvalue weighted by Gasteiger charge is -2.07. The molecule has 21 heavy (non-hydrogen) atoms. The summed E-state index contributed by atoms with van der Waals surface area (Å²) < 4.78 is 1.23. The van der Waals surface area contributed by atoms with Crippen molar-refractivity contribution in [2.75, 3.05) is 0 Å². The van der Waals surface area contributed by atoms with Gasteiger partial charge in [0.15, 0.2) is 0 Å². The molecule has 0 spiro atoms. The van der Waals surface area contributed by atoms with Crippen molar-refractivity contribution in [3.8, 4) is 0 Å². The summed E-state index contributed by atoms with van der Waals surface area (Å²) in [6, 6.07) is 4.24. The molecule has 0 atom stereocenters. The molecule has 0 saturated heterocycles. The third kappa shape index (κ3) is 3.19. The molecule has 0 radical (unpaired) electrons. The fourth-order valence-electron chi connectivity index (χ4n) is 1.95. The minimum absolute atomic E-state index is 0.0178. The molecule has 0 bridgehead atoms. The van der Waals surface area contributed by atoms with Gasteiger partial charge in [-0.3, -0.25) is 24.5 Å². The smallest absolute Gasteiger partial charge is 0.296 e. The lowest BCUT2D eigenvalue weighted by atomic mass is 10.1. The number of aromatic amines is 1. The van der Waals surface area contributed by atoms with Crippen LogP contribution in [0, 0.1) is 10.1 Å². The molecule has 0 aliphatic rings. The maximum Gasteiger partial charge on any atom is 0.328 e. The molecular formula is C13H12ClN3O4. The van der Waals surface area contributed by atoms with Gasteiger partial charge in [-0.25, -0.2) is 4.79 Å². The molecule has 0 unspecified atom stereocenters. The van der Waals surface area contributed by atoms with Crippen molar-refractivity contribution in [2.24, 2.45) is 0 Å². The third-order valence-corrected chi connectivity index (χ3v) is 3.29. The Bertz CT molecular complexity index is 810. The number of aryl methyl sites for hydroxylation is 1. The maximum atomic E-state index is 11.8. The van der Waals surface area contributed by atoms with Crippen LogP contribution in [0.25, 0.3) is 0 Å². The van der Waals surface area contributed by atoms with E-state index in [1.165, 1.54) is 29.0 Å². The topological polar surface area (TPSA) is 98.0 Å². The molecule has 110 valence electrons. The van der Waals surface area contributed by atoms with Crippen LogP contribution in [0.2, 0.25) is 5.02 Å². The molecule has 0 aliphatic heterocycles. The molecule has 1 aromatic heterocycles. The Balaban J connectivity index is 2.50. The lowest BCUT2D eigenvalue weighted by molar-refractivity contribution is -0.385. The molecule has 1 heterocycles. The van der Waals surface area contributed by atoms with Crippen LogP contribution >= 0.6 is 11.6 Å². The van der Waals surface area contributed by atoms with Crippen molar-refractivity contribution in [1.82, 2.24) is 9.55 Å². The van der Waals surface area contributed by atoms with Gasteiger partial charge in [-0.1, -0.05) is 18.5 Å². The molecule has 2 aromatic rings. The molecule has 0 aliphatic carbocycles. The minimum atomic E-state index is -0.610. The zero-order chi connectivity index (χ0) is 15.6. The number of hydrogen-bond donors (Lipinski definition) is 1. The first-order valence-electron chi connectivity index (χ1n) is 6.17.